The molecule has 2 N–H and O–H groups in total. The fourth-order valence-electron chi connectivity index (χ4n) is 2.36. The summed E-state index contributed by atoms with van der Waals surface area (Å²) in [5.74, 6) is 0. The number of nitrogens with two attached hydrogens (primary N) is 1. The first kappa shape index (κ1) is 13.1. The van der Waals surface area contributed by atoms with E-state index in [0.717, 1.165) is 6.61 Å². The van der Waals surface area contributed by atoms with Crippen LogP contribution in [0.2, 0.25) is 0 Å². The molecule has 3 heteroatoms. The third-order valence-electron chi connectivity index (χ3n) is 3.26. The summed E-state index contributed by atoms with van der Waals surface area (Å²) in [5, 5.41) is 1.26. The summed E-state index contributed by atoms with van der Waals surface area (Å²) >= 11 is 0. The lowest BCUT2D eigenvalue weighted by atomic mass is 10.1. The molecule has 0 atom stereocenters. The van der Waals surface area contributed by atoms with E-state index in [2.05, 4.69) is 42.8 Å². The number of para-hydroxylation sites is 1. The molecule has 0 aliphatic carbocycles. The standard InChI is InChI=1S/C15H22N2O/c1-4-18-10-13-9-17(11(2)3)15-12(8-16)6-5-7-14(13)15/h5-7,9,11H,4,8,10,16H2,1-3H3. The van der Waals surface area contributed by atoms with Gasteiger partial charge in [-0.25, -0.2) is 0 Å². The lowest BCUT2D eigenvalue weighted by Gasteiger charge is -2.11. The summed E-state index contributed by atoms with van der Waals surface area (Å²) < 4.78 is 7.85. The van der Waals surface area contributed by atoms with Gasteiger partial charge in [-0.15, -0.1) is 0 Å². The molecule has 0 fully saturated rings. The summed E-state index contributed by atoms with van der Waals surface area (Å²) in [5.41, 5.74) is 9.55. The molecule has 1 heterocycles. The fraction of sp³-hybridized carbons (Fsp3) is 0.467. The first-order valence-electron chi connectivity index (χ1n) is 6.58. The lowest BCUT2D eigenvalue weighted by Crippen LogP contribution is -2.03. The fourth-order valence-corrected chi connectivity index (χ4v) is 2.36. The predicted molar refractivity (Wildman–Crippen MR) is 75.5 cm³/mol. The number of aromatic nitrogens is 1. The van der Waals surface area contributed by atoms with Crippen LogP contribution in [0.5, 0.6) is 0 Å². The SMILES string of the molecule is CCOCc1cn(C(C)C)c2c(CN)cccc12. The molecule has 0 saturated carbocycles. The molecule has 2 aromatic rings. The van der Waals surface area contributed by atoms with Crippen molar-refractivity contribution in [3.8, 4) is 0 Å². The largest absolute Gasteiger partial charge is 0.377 e. The van der Waals surface area contributed by atoms with Crippen LogP contribution in [0.4, 0.5) is 0 Å². The van der Waals surface area contributed by atoms with E-state index >= 15 is 0 Å². The Balaban J connectivity index is 2.60. The van der Waals surface area contributed by atoms with Gasteiger partial charge in [0.1, 0.15) is 0 Å². The number of fused-ring (bicyclic) bond motifs is 1. The normalized spacial score (nSPS) is 11.6. The molecule has 2 rings (SSSR count). The summed E-state index contributed by atoms with van der Waals surface area (Å²) in [6.45, 7) is 8.38. The Kier molecular flexibility index (Phi) is 4.04. The Morgan fingerprint density at radius 2 is 2.06 bits per heavy atom. The zero-order valence-electron chi connectivity index (χ0n) is 11.4. The van der Waals surface area contributed by atoms with Crippen molar-refractivity contribution in [2.45, 2.75) is 40.0 Å². The van der Waals surface area contributed by atoms with Crippen molar-refractivity contribution in [2.75, 3.05) is 6.61 Å². The molecule has 98 valence electrons. The minimum atomic E-state index is 0.426. The van der Waals surface area contributed by atoms with Crippen molar-refractivity contribution in [3.05, 3.63) is 35.5 Å². The number of benzene rings is 1. The van der Waals surface area contributed by atoms with E-state index in [0.29, 0.717) is 19.2 Å². The van der Waals surface area contributed by atoms with Crippen LogP contribution in [0.3, 0.4) is 0 Å². The summed E-state index contributed by atoms with van der Waals surface area (Å²) in [7, 11) is 0. The van der Waals surface area contributed by atoms with Gasteiger partial charge in [0.05, 0.1) is 12.1 Å². The summed E-state index contributed by atoms with van der Waals surface area (Å²) in [6, 6.07) is 6.76. The van der Waals surface area contributed by atoms with E-state index in [-0.39, 0.29) is 0 Å². The van der Waals surface area contributed by atoms with Crippen molar-refractivity contribution >= 4 is 10.9 Å². The van der Waals surface area contributed by atoms with Crippen molar-refractivity contribution in [2.24, 2.45) is 5.73 Å². The summed E-state index contributed by atoms with van der Waals surface area (Å²) in [6.07, 6.45) is 2.20. The molecule has 0 amide bonds. The van der Waals surface area contributed by atoms with Crippen LogP contribution in [0, 0.1) is 0 Å². The molecule has 0 saturated heterocycles. The second kappa shape index (κ2) is 5.55. The zero-order chi connectivity index (χ0) is 13.1. The minimum Gasteiger partial charge on any atom is -0.377 e. The Morgan fingerprint density at radius 1 is 1.28 bits per heavy atom. The van der Waals surface area contributed by atoms with E-state index in [1.807, 2.05) is 6.92 Å². The van der Waals surface area contributed by atoms with Crippen LogP contribution in [0.1, 0.15) is 37.9 Å². The number of rotatable bonds is 5. The van der Waals surface area contributed by atoms with Crippen LogP contribution in [0.15, 0.2) is 24.4 Å². The Labute approximate surface area is 109 Å². The maximum Gasteiger partial charge on any atom is 0.0737 e. The number of hydrogen-bond acceptors (Lipinski definition) is 2. The van der Waals surface area contributed by atoms with Gasteiger partial charge in [0, 0.05) is 36.3 Å². The van der Waals surface area contributed by atoms with Gasteiger partial charge in [-0.3, -0.25) is 0 Å². The quantitative estimate of drug-likeness (QED) is 0.880. The highest BCUT2D eigenvalue weighted by molar-refractivity contribution is 5.87. The highest BCUT2D eigenvalue weighted by atomic mass is 16.5. The van der Waals surface area contributed by atoms with Gasteiger partial charge < -0.3 is 15.0 Å². The lowest BCUT2D eigenvalue weighted by molar-refractivity contribution is 0.135. The number of hydrogen-bond donors (Lipinski definition) is 1. The molecule has 0 aliphatic heterocycles. The molecule has 0 aliphatic rings. The van der Waals surface area contributed by atoms with E-state index < -0.39 is 0 Å². The van der Waals surface area contributed by atoms with Gasteiger partial charge in [-0.1, -0.05) is 18.2 Å². The van der Waals surface area contributed by atoms with Crippen LogP contribution in [-0.2, 0) is 17.9 Å². The molecule has 18 heavy (non-hydrogen) atoms. The topological polar surface area (TPSA) is 40.2 Å². The summed E-state index contributed by atoms with van der Waals surface area (Å²) in [4.78, 5) is 0. The molecule has 1 aromatic carbocycles. The molecular weight excluding hydrogens is 224 g/mol. The van der Waals surface area contributed by atoms with E-state index in [1.165, 1.54) is 22.0 Å². The first-order chi connectivity index (χ1) is 8.69. The van der Waals surface area contributed by atoms with Gasteiger partial charge in [0.2, 0.25) is 0 Å². The second-order valence-electron chi connectivity index (χ2n) is 4.81. The average molecular weight is 246 g/mol. The molecule has 0 spiro atoms. The van der Waals surface area contributed by atoms with Gasteiger partial charge in [0.15, 0.2) is 0 Å². The van der Waals surface area contributed by atoms with E-state index in [4.69, 9.17) is 10.5 Å². The first-order valence-corrected chi connectivity index (χ1v) is 6.58. The maximum absolute atomic E-state index is 5.85. The zero-order valence-corrected chi connectivity index (χ0v) is 11.4. The van der Waals surface area contributed by atoms with Crippen molar-refractivity contribution in [3.63, 3.8) is 0 Å². The third kappa shape index (κ3) is 2.28. The van der Waals surface area contributed by atoms with Crippen molar-refractivity contribution < 1.29 is 4.74 Å². The van der Waals surface area contributed by atoms with Gasteiger partial charge in [-0.2, -0.15) is 0 Å². The minimum absolute atomic E-state index is 0.426. The molecule has 0 radical (unpaired) electrons. The van der Waals surface area contributed by atoms with E-state index in [1.54, 1.807) is 0 Å². The van der Waals surface area contributed by atoms with Crippen LogP contribution in [-0.4, -0.2) is 11.2 Å². The average Bonchev–Trinajstić information content (AvgIpc) is 2.75. The van der Waals surface area contributed by atoms with Crippen molar-refractivity contribution in [1.29, 1.82) is 0 Å². The Morgan fingerprint density at radius 3 is 2.67 bits per heavy atom. The van der Waals surface area contributed by atoms with Crippen LogP contribution >= 0.6 is 0 Å². The van der Waals surface area contributed by atoms with Gasteiger partial charge in [-0.05, 0) is 26.3 Å². The van der Waals surface area contributed by atoms with Crippen molar-refractivity contribution in [1.82, 2.24) is 4.57 Å². The second-order valence-corrected chi connectivity index (χ2v) is 4.81. The Hall–Kier alpha value is -1.32. The Bertz CT molecular complexity index is 529. The van der Waals surface area contributed by atoms with Gasteiger partial charge in [0.25, 0.3) is 0 Å². The predicted octanol–water partition coefficient (Wildman–Crippen LogP) is 3.22. The van der Waals surface area contributed by atoms with Crippen LogP contribution < -0.4 is 5.73 Å². The van der Waals surface area contributed by atoms with E-state index in [9.17, 15) is 0 Å². The van der Waals surface area contributed by atoms with Crippen LogP contribution in [0.25, 0.3) is 10.9 Å². The highest BCUT2D eigenvalue weighted by Gasteiger charge is 2.13. The number of ether oxygens (including phenoxy) is 1. The smallest absolute Gasteiger partial charge is 0.0737 e. The molecule has 1 aromatic heterocycles. The molecule has 0 unspecified atom stereocenters. The number of nitrogens with zero attached hydrogens (tertiary/aromatic N) is 1. The molecule has 3 nitrogen and oxygen atoms in total. The monoisotopic (exact) mass is 246 g/mol. The highest BCUT2D eigenvalue weighted by Crippen LogP contribution is 2.28. The molecular formula is C15H22N2O. The van der Waals surface area contributed by atoms with Gasteiger partial charge >= 0.3 is 0 Å². The third-order valence-corrected chi connectivity index (χ3v) is 3.26. The maximum atomic E-state index is 5.85. The molecule has 0 bridgehead atoms.